The van der Waals surface area contributed by atoms with Gasteiger partial charge in [-0.05, 0) is 51.9 Å². The average molecular weight is 337 g/mol. The zero-order valence-electron chi connectivity index (χ0n) is 11.4. The van der Waals surface area contributed by atoms with Gasteiger partial charge < -0.3 is 5.11 Å². The first kappa shape index (κ1) is 15.2. The summed E-state index contributed by atoms with van der Waals surface area (Å²) >= 11 is 3.23. The first-order chi connectivity index (χ1) is 9.58. The Morgan fingerprint density at radius 3 is 2.50 bits per heavy atom. The van der Waals surface area contributed by atoms with Gasteiger partial charge in [-0.15, -0.1) is 0 Å². The number of hydrogen-bond donors (Lipinski definition) is 1. The molecule has 0 aliphatic carbocycles. The molecule has 106 valence electrons. The van der Waals surface area contributed by atoms with Crippen LogP contribution in [0.4, 0.5) is 4.39 Å². The molecule has 0 radical (unpaired) electrons. The highest BCUT2D eigenvalue weighted by molar-refractivity contribution is 9.10. The lowest BCUT2D eigenvalue weighted by atomic mass is 9.92. The second-order valence-corrected chi connectivity index (χ2v) is 5.91. The van der Waals surface area contributed by atoms with Crippen molar-refractivity contribution in [3.8, 4) is 0 Å². The maximum atomic E-state index is 13.4. The molecule has 0 aliphatic rings. The van der Waals surface area contributed by atoms with Gasteiger partial charge in [-0.3, -0.25) is 0 Å². The lowest BCUT2D eigenvalue weighted by Crippen LogP contribution is -2.14. The molecule has 2 rings (SSSR count). The summed E-state index contributed by atoms with van der Waals surface area (Å²) in [5.74, 6) is -0.00987. The van der Waals surface area contributed by atoms with Gasteiger partial charge in [0.1, 0.15) is 5.82 Å². The largest absolute Gasteiger partial charge is 0.393 e. The molecule has 0 bridgehead atoms. The summed E-state index contributed by atoms with van der Waals surface area (Å²) < 4.78 is 13.9. The van der Waals surface area contributed by atoms with Crippen LogP contribution < -0.4 is 0 Å². The quantitative estimate of drug-likeness (QED) is 0.840. The average Bonchev–Trinajstić information content (AvgIpc) is 2.45. The third kappa shape index (κ3) is 3.90. The number of rotatable bonds is 5. The van der Waals surface area contributed by atoms with E-state index in [0.717, 1.165) is 5.56 Å². The number of hydrogen-bond acceptors (Lipinski definition) is 1. The molecule has 2 aromatic rings. The van der Waals surface area contributed by atoms with E-state index >= 15 is 0 Å². The predicted octanol–water partition coefficient (Wildman–Crippen LogP) is 4.69. The fraction of sp³-hybridized carbons (Fsp3) is 0.294. The van der Waals surface area contributed by atoms with Crippen molar-refractivity contribution in [2.45, 2.75) is 31.8 Å². The number of aliphatic hydroxyl groups excluding tert-OH is 1. The Labute approximate surface area is 127 Å². The molecule has 0 spiro atoms. The van der Waals surface area contributed by atoms with Crippen molar-refractivity contribution in [2.24, 2.45) is 0 Å². The van der Waals surface area contributed by atoms with Gasteiger partial charge in [-0.2, -0.15) is 0 Å². The van der Waals surface area contributed by atoms with Crippen LogP contribution in [0.5, 0.6) is 0 Å². The molecule has 0 saturated carbocycles. The van der Waals surface area contributed by atoms with E-state index in [9.17, 15) is 9.50 Å². The van der Waals surface area contributed by atoms with E-state index in [4.69, 9.17) is 0 Å². The molecule has 0 aromatic heterocycles. The lowest BCUT2D eigenvalue weighted by molar-refractivity contribution is 0.157. The van der Waals surface area contributed by atoms with Crippen molar-refractivity contribution in [1.29, 1.82) is 0 Å². The van der Waals surface area contributed by atoms with Crippen LogP contribution in [0.3, 0.4) is 0 Å². The number of aliphatic hydroxyl groups is 1. The zero-order valence-corrected chi connectivity index (χ0v) is 13.0. The summed E-state index contributed by atoms with van der Waals surface area (Å²) in [5, 5.41) is 10.2. The SMILES string of the molecule is CC(CC(O)Cc1cccc(F)c1Br)c1ccccc1. The second-order valence-electron chi connectivity index (χ2n) is 5.12. The van der Waals surface area contributed by atoms with Crippen LogP contribution in [-0.2, 0) is 6.42 Å². The highest BCUT2D eigenvalue weighted by Gasteiger charge is 2.15. The van der Waals surface area contributed by atoms with Gasteiger partial charge in [0, 0.05) is 0 Å². The molecule has 2 atom stereocenters. The Kier molecular flexibility index (Phi) is 5.32. The molecule has 0 fully saturated rings. The van der Waals surface area contributed by atoms with E-state index in [-0.39, 0.29) is 11.7 Å². The van der Waals surface area contributed by atoms with Crippen LogP contribution in [0.2, 0.25) is 0 Å². The minimum Gasteiger partial charge on any atom is -0.393 e. The van der Waals surface area contributed by atoms with Crippen LogP contribution in [-0.4, -0.2) is 11.2 Å². The molecule has 2 aromatic carbocycles. The Morgan fingerprint density at radius 1 is 1.10 bits per heavy atom. The van der Waals surface area contributed by atoms with Crippen molar-refractivity contribution < 1.29 is 9.50 Å². The van der Waals surface area contributed by atoms with Crippen LogP contribution in [0.15, 0.2) is 53.0 Å². The summed E-state index contributed by atoms with van der Waals surface area (Å²) in [5.41, 5.74) is 2.02. The molecule has 0 saturated heterocycles. The van der Waals surface area contributed by atoms with Gasteiger partial charge >= 0.3 is 0 Å². The first-order valence-corrected chi connectivity index (χ1v) is 7.53. The van der Waals surface area contributed by atoms with E-state index in [1.165, 1.54) is 11.6 Å². The maximum Gasteiger partial charge on any atom is 0.137 e. The molecular formula is C17H18BrFO. The van der Waals surface area contributed by atoms with Crippen LogP contribution in [0, 0.1) is 5.82 Å². The third-order valence-corrected chi connectivity index (χ3v) is 4.37. The molecular weight excluding hydrogens is 319 g/mol. The number of halogens is 2. The monoisotopic (exact) mass is 336 g/mol. The predicted molar refractivity (Wildman–Crippen MR) is 83.3 cm³/mol. The minimum atomic E-state index is -0.483. The van der Waals surface area contributed by atoms with Crippen molar-refractivity contribution >= 4 is 15.9 Å². The topological polar surface area (TPSA) is 20.2 Å². The second kappa shape index (κ2) is 7.00. The van der Waals surface area contributed by atoms with Gasteiger partial charge in [0.05, 0.1) is 10.6 Å². The van der Waals surface area contributed by atoms with Gasteiger partial charge in [-0.25, -0.2) is 4.39 Å². The van der Waals surface area contributed by atoms with E-state index in [0.29, 0.717) is 17.3 Å². The highest BCUT2D eigenvalue weighted by atomic mass is 79.9. The summed E-state index contributed by atoms with van der Waals surface area (Å²) in [6.07, 6.45) is 0.631. The molecule has 1 nitrogen and oxygen atoms in total. The van der Waals surface area contributed by atoms with Crippen LogP contribution in [0.25, 0.3) is 0 Å². The van der Waals surface area contributed by atoms with Gasteiger partial charge in [0.15, 0.2) is 0 Å². The molecule has 20 heavy (non-hydrogen) atoms. The van der Waals surface area contributed by atoms with E-state index in [1.54, 1.807) is 6.07 Å². The summed E-state index contributed by atoms with van der Waals surface area (Å²) in [6, 6.07) is 15.0. The zero-order chi connectivity index (χ0) is 14.5. The maximum absolute atomic E-state index is 13.4. The Bertz CT molecular complexity index is 556. The van der Waals surface area contributed by atoms with Crippen molar-refractivity contribution in [3.63, 3.8) is 0 Å². The molecule has 3 heteroatoms. The smallest absolute Gasteiger partial charge is 0.137 e. The van der Waals surface area contributed by atoms with Crippen molar-refractivity contribution in [2.75, 3.05) is 0 Å². The van der Waals surface area contributed by atoms with E-state index in [1.807, 2.05) is 24.3 Å². The van der Waals surface area contributed by atoms with Gasteiger partial charge in [0.25, 0.3) is 0 Å². The fourth-order valence-electron chi connectivity index (χ4n) is 2.37. The Hall–Kier alpha value is -1.19. The van der Waals surface area contributed by atoms with Gasteiger partial charge in [-0.1, -0.05) is 49.4 Å². The molecule has 0 aliphatic heterocycles. The normalized spacial score (nSPS) is 14.0. The summed E-state index contributed by atoms with van der Waals surface area (Å²) in [4.78, 5) is 0. The lowest BCUT2D eigenvalue weighted by Gasteiger charge is -2.17. The van der Waals surface area contributed by atoms with E-state index < -0.39 is 6.10 Å². The van der Waals surface area contributed by atoms with E-state index in [2.05, 4.69) is 35.0 Å². The molecule has 1 N–H and O–H groups in total. The third-order valence-electron chi connectivity index (χ3n) is 3.48. The fourth-order valence-corrected chi connectivity index (χ4v) is 2.80. The van der Waals surface area contributed by atoms with Crippen molar-refractivity contribution in [3.05, 3.63) is 69.9 Å². The van der Waals surface area contributed by atoms with Gasteiger partial charge in [0.2, 0.25) is 0 Å². The molecule has 0 amide bonds. The van der Waals surface area contributed by atoms with Crippen LogP contribution in [0.1, 0.15) is 30.4 Å². The number of benzene rings is 2. The van der Waals surface area contributed by atoms with Crippen molar-refractivity contribution in [1.82, 2.24) is 0 Å². The van der Waals surface area contributed by atoms with Crippen LogP contribution >= 0.6 is 15.9 Å². The Morgan fingerprint density at radius 2 is 1.80 bits per heavy atom. The molecule has 0 heterocycles. The standard InChI is InChI=1S/C17H18BrFO/c1-12(13-6-3-2-4-7-13)10-15(20)11-14-8-5-9-16(19)17(14)18/h2-9,12,15,20H,10-11H2,1H3. The summed E-state index contributed by atoms with van der Waals surface area (Å²) in [7, 11) is 0. The summed E-state index contributed by atoms with van der Waals surface area (Å²) in [6.45, 7) is 2.10. The highest BCUT2D eigenvalue weighted by Crippen LogP contribution is 2.25. The first-order valence-electron chi connectivity index (χ1n) is 6.74. The Balaban J connectivity index is 1.99. The minimum absolute atomic E-state index is 0.276. The molecule has 2 unspecified atom stereocenters.